The van der Waals surface area contributed by atoms with Crippen LogP contribution in [0.3, 0.4) is 0 Å². The molecule has 1 N–H and O–H groups in total. The Morgan fingerprint density at radius 1 is 1.18 bits per heavy atom. The Balaban J connectivity index is 1.77. The maximum absolute atomic E-state index is 12.2. The number of nitro benzene ring substituents is 1. The third kappa shape index (κ3) is 4.45. The summed E-state index contributed by atoms with van der Waals surface area (Å²) in [4.78, 5) is 12.3. The maximum atomic E-state index is 12.2. The summed E-state index contributed by atoms with van der Waals surface area (Å²) >= 11 is 5.89. The van der Waals surface area contributed by atoms with E-state index < -0.39 is 20.9 Å². The van der Waals surface area contributed by atoms with Gasteiger partial charge in [0, 0.05) is 36.5 Å². The molecule has 1 aliphatic rings. The van der Waals surface area contributed by atoms with E-state index >= 15 is 0 Å². The van der Waals surface area contributed by atoms with Crippen molar-refractivity contribution in [2.45, 2.75) is 23.8 Å². The van der Waals surface area contributed by atoms with Gasteiger partial charge in [0.15, 0.2) is 9.84 Å². The minimum Gasteiger partial charge on any atom is -0.388 e. The number of sulfone groups is 1. The fraction of sp³-hybridized carbons (Fsp3) is 0.368. The van der Waals surface area contributed by atoms with Crippen LogP contribution in [0.5, 0.6) is 0 Å². The number of aliphatic hydroxyl groups excluding tert-OH is 1. The van der Waals surface area contributed by atoms with Crippen LogP contribution in [0.2, 0.25) is 5.02 Å². The number of hydrogen-bond donors (Lipinski definition) is 1. The molecule has 1 atom stereocenters. The molecule has 0 bridgehead atoms. The average Bonchev–Trinajstić information content (AvgIpc) is 2.67. The first-order chi connectivity index (χ1) is 13.2. The first-order valence-electron chi connectivity index (χ1n) is 8.84. The molecule has 1 heterocycles. The van der Waals surface area contributed by atoms with Crippen molar-refractivity contribution < 1.29 is 18.4 Å². The fourth-order valence-corrected chi connectivity index (χ4v) is 4.60. The largest absolute Gasteiger partial charge is 0.388 e. The SMILES string of the molecule is CS(=O)(=O)c1cc([N+](=O)[O-])ccc1N1CCC(C(O)c2ccc(Cl)cc2)CC1. The number of piperidine rings is 1. The van der Waals surface area contributed by atoms with E-state index in [1.807, 2.05) is 4.90 Å². The van der Waals surface area contributed by atoms with E-state index in [1.165, 1.54) is 12.1 Å². The van der Waals surface area contributed by atoms with Crippen molar-refractivity contribution in [1.29, 1.82) is 0 Å². The predicted molar refractivity (Wildman–Crippen MR) is 108 cm³/mol. The number of non-ortho nitro benzene ring substituents is 1. The molecule has 28 heavy (non-hydrogen) atoms. The van der Waals surface area contributed by atoms with Crippen LogP contribution in [0.25, 0.3) is 0 Å². The highest BCUT2D eigenvalue weighted by atomic mass is 35.5. The molecule has 1 aliphatic heterocycles. The Morgan fingerprint density at radius 2 is 1.79 bits per heavy atom. The average molecular weight is 425 g/mol. The van der Waals surface area contributed by atoms with Crippen molar-refractivity contribution in [1.82, 2.24) is 0 Å². The predicted octanol–water partition coefficient (Wildman–Crippen LogP) is 3.60. The molecule has 0 amide bonds. The van der Waals surface area contributed by atoms with Gasteiger partial charge < -0.3 is 10.0 Å². The van der Waals surface area contributed by atoms with Crippen molar-refractivity contribution in [3.8, 4) is 0 Å². The van der Waals surface area contributed by atoms with Gasteiger partial charge in [-0.15, -0.1) is 0 Å². The zero-order valence-electron chi connectivity index (χ0n) is 15.3. The van der Waals surface area contributed by atoms with Crippen LogP contribution < -0.4 is 4.90 Å². The molecule has 9 heteroatoms. The number of halogens is 1. The standard InChI is InChI=1S/C19H21ClN2O5S/c1-28(26,27)18-12-16(22(24)25)6-7-17(18)21-10-8-14(9-11-21)19(23)13-2-4-15(20)5-3-13/h2-7,12,14,19,23H,8-11H2,1H3. The van der Waals surface area contributed by atoms with Crippen LogP contribution in [0.1, 0.15) is 24.5 Å². The Hall–Kier alpha value is -2.16. The number of nitrogens with zero attached hydrogens (tertiary/aromatic N) is 2. The highest BCUT2D eigenvalue weighted by molar-refractivity contribution is 7.90. The molecule has 0 aromatic heterocycles. The monoisotopic (exact) mass is 424 g/mol. The second-order valence-electron chi connectivity index (χ2n) is 7.00. The summed E-state index contributed by atoms with van der Waals surface area (Å²) in [6.07, 6.45) is 1.77. The summed E-state index contributed by atoms with van der Waals surface area (Å²) < 4.78 is 24.3. The summed E-state index contributed by atoms with van der Waals surface area (Å²) in [6.45, 7) is 1.10. The molecule has 150 valence electrons. The molecule has 2 aromatic rings. The van der Waals surface area contributed by atoms with Gasteiger partial charge in [-0.05, 0) is 42.5 Å². The number of nitro groups is 1. The van der Waals surface area contributed by atoms with E-state index in [1.54, 1.807) is 24.3 Å². The minimum absolute atomic E-state index is 0.0390. The van der Waals surface area contributed by atoms with Crippen molar-refractivity contribution >= 4 is 32.8 Å². The zero-order chi connectivity index (χ0) is 20.5. The molecule has 3 rings (SSSR count). The van der Waals surface area contributed by atoms with Gasteiger partial charge in [-0.3, -0.25) is 10.1 Å². The number of aliphatic hydroxyl groups is 1. The van der Waals surface area contributed by atoms with Gasteiger partial charge >= 0.3 is 0 Å². The lowest BCUT2D eigenvalue weighted by Gasteiger charge is -2.36. The number of benzene rings is 2. The van der Waals surface area contributed by atoms with E-state index in [2.05, 4.69) is 0 Å². The third-order valence-electron chi connectivity index (χ3n) is 5.09. The van der Waals surface area contributed by atoms with E-state index in [9.17, 15) is 23.6 Å². The lowest BCUT2D eigenvalue weighted by molar-refractivity contribution is -0.385. The van der Waals surface area contributed by atoms with Crippen molar-refractivity contribution in [2.75, 3.05) is 24.2 Å². The van der Waals surface area contributed by atoms with Gasteiger partial charge in [0.2, 0.25) is 0 Å². The molecule has 7 nitrogen and oxygen atoms in total. The Labute approximate surface area is 168 Å². The van der Waals surface area contributed by atoms with E-state index in [4.69, 9.17) is 11.6 Å². The van der Waals surface area contributed by atoms with Gasteiger partial charge in [-0.2, -0.15) is 0 Å². The third-order valence-corrected chi connectivity index (χ3v) is 6.47. The summed E-state index contributed by atoms with van der Waals surface area (Å²) in [7, 11) is -3.62. The Kier molecular flexibility index (Phi) is 5.92. The molecule has 1 unspecified atom stereocenters. The smallest absolute Gasteiger partial charge is 0.270 e. The molecular weight excluding hydrogens is 404 g/mol. The lowest BCUT2D eigenvalue weighted by Crippen LogP contribution is -2.36. The second kappa shape index (κ2) is 8.06. The van der Waals surface area contributed by atoms with Crippen LogP contribution >= 0.6 is 11.6 Å². The maximum Gasteiger partial charge on any atom is 0.270 e. The van der Waals surface area contributed by atoms with Gasteiger partial charge in [0.1, 0.15) is 0 Å². The molecule has 0 aliphatic carbocycles. The second-order valence-corrected chi connectivity index (χ2v) is 9.42. The highest BCUT2D eigenvalue weighted by Crippen LogP contribution is 2.36. The number of hydrogen-bond acceptors (Lipinski definition) is 6. The van der Waals surface area contributed by atoms with Gasteiger partial charge in [-0.1, -0.05) is 23.7 Å². The normalized spacial score (nSPS) is 16.8. The summed E-state index contributed by atoms with van der Waals surface area (Å²) in [6, 6.07) is 11.0. The van der Waals surface area contributed by atoms with Crippen molar-refractivity contribution in [3.63, 3.8) is 0 Å². The molecule has 0 saturated carbocycles. The van der Waals surface area contributed by atoms with Gasteiger partial charge in [0.25, 0.3) is 5.69 Å². The van der Waals surface area contributed by atoms with Crippen LogP contribution in [0, 0.1) is 16.0 Å². The first kappa shape index (κ1) is 20.6. The lowest BCUT2D eigenvalue weighted by atomic mass is 9.87. The zero-order valence-corrected chi connectivity index (χ0v) is 16.9. The van der Waals surface area contributed by atoms with Crippen LogP contribution in [-0.2, 0) is 9.84 Å². The van der Waals surface area contributed by atoms with Crippen LogP contribution in [-0.4, -0.2) is 37.8 Å². The fourth-order valence-electron chi connectivity index (χ4n) is 3.56. The van der Waals surface area contributed by atoms with Crippen LogP contribution in [0.4, 0.5) is 11.4 Å². The summed E-state index contributed by atoms with van der Waals surface area (Å²) in [5.74, 6) is 0.0390. The number of rotatable bonds is 5. The Morgan fingerprint density at radius 3 is 2.32 bits per heavy atom. The van der Waals surface area contributed by atoms with Crippen LogP contribution in [0.15, 0.2) is 47.4 Å². The van der Waals surface area contributed by atoms with Gasteiger partial charge in [-0.25, -0.2) is 8.42 Å². The molecule has 0 spiro atoms. The van der Waals surface area contributed by atoms with Gasteiger partial charge in [0.05, 0.1) is 21.6 Å². The van der Waals surface area contributed by atoms with Crippen molar-refractivity contribution in [2.24, 2.45) is 5.92 Å². The van der Waals surface area contributed by atoms with E-state index in [-0.39, 0.29) is 16.5 Å². The molecule has 0 radical (unpaired) electrons. The molecule has 1 saturated heterocycles. The summed E-state index contributed by atoms with van der Waals surface area (Å²) in [5, 5.41) is 22.3. The molecule has 1 fully saturated rings. The number of anilines is 1. The molecule has 2 aromatic carbocycles. The van der Waals surface area contributed by atoms with E-state index in [0.29, 0.717) is 36.6 Å². The topological polar surface area (TPSA) is 101 Å². The summed E-state index contributed by atoms with van der Waals surface area (Å²) in [5.41, 5.74) is 1.01. The molecular formula is C19H21ClN2O5S. The highest BCUT2D eigenvalue weighted by Gasteiger charge is 2.29. The first-order valence-corrected chi connectivity index (χ1v) is 11.1. The van der Waals surface area contributed by atoms with E-state index in [0.717, 1.165) is 17.9 Å². The van der Waals surface area contributed by atoms with Crippen molar-refractivity contribution in [3.05, 3.63) is 63.2 Å². The minimum atomic E-state index is -3.62. The Bertz CT molecular complexity index is 970. The quantitative estimate of drug-likeness (QED) is 0.581.